The van der Waals surface area contributed by atoms with Gasteiger partial charge >= 0.3 is 0 Å². The third-order valence-electron chi connectivity index (χ3n) is 14.7. The molecule has 0 spiro atoms. The number of aliphatic hydroxyl groups is 1. The average molecular weight is 1070 g/mol. The lowest BCUT2D eigenvalue weighted by Crippen LogP contribution is -2.57. The van der Waals surface area contributed by atoms with Gasteiger partial charge in [-0.1, -0.05) is 57.9 Å². The van der Waals surface area contributed by atoms with Crippen LogP contribution in [0.5, 0.6) is 0 Å². The van der Waals surface area contributed by atoms with Crippen LogP contribution in [0.25, 0.3) is 32.5 Å². The molecule has 4 aromatic heterocycles. The molecule has 0 bridgehead atoms. The number of fused-ring (bicyclic) bond motifs is 1. The van der Waals surface area contributed by atoms with Crippen LogP contribution in [0, 0.1) is 26.2 Å². The normalized spacial score (nSPS) is 16.3. The molecular formula is C58H73N11O7S. The number of β-amino-alcohol motifs (C(OH)–C–C–N with tert-alkyl or cyclic N) is 1. The molecule has 3 atom stereocenters. The van der Waals surface area contributed by atoms with Crippen molar-refractivity contribution in [1.82, 2.24) is 50.5 Å². The number of hydrogen-bond donors (Lipinski definition) is 5. The van der Waals surface area contributed by atoms with Crippen LogP contribution in [0.4, 0.5) is 5.82 Å². The molecule has 5 N–H and O–H groups in total. The topological polar surface area (TPSA) is 228 Å². The summed E-state index contributed by atoms with van der Waals surface area (Å²) in [5, 5.41) is 24.8. The Morgan fingerprint density at radius 3 is 2.19 bits per heavy atom. The van der Waals surface area contributed by atoms with Crippen molar-refractivity contribution in [2.45, 2.75) is 138 Å². The number of aliphatic hydroxyl groups excluding tert-OH is 1. The summed E-state index contributed by atoms with van der Waals surface area (Å²) >= 11 is 1.57. The van der Waals surface area contributed by atoms with Gasteiger partial charge in [0.15, 0.2) is 0 Å². The van der Waals surface area contributed by atoms with E-state index in [1.807, 2.05) is 125 Å². The lowest BCUT2D eigenvalue weighted by molar-refractivity contribution is -0.144. The molecule has 2 fully saturated rings. The smallest absolute Gasteiger partial charge is 0.253 e. The largest absolute Gasteiger partial charge is 0.391 e. The zero-order chi connectivity index (χ0) is 55.1. The number of piperazine rings is 1. The molecule has 77 heavy (non-hydrogen) atoms. The summed E-state index contributed by atoms with van der Waals surface area (Å²) in [5.41, 5.74) is 8.83. The maximum Gasteiger partial charge on any atom is 0.253 e. The van der Waals surface area contributed by atoms with Gasteiger partial charge in [0, 0.05) is 99.5 Å². The number of H-pyrrole nitrogens is 1. The van der Waals surface area contributed by atoms with Crippen molar-refractivity contribution in [2.24, 2.45) is 5.41 Å². The standard InChI is InChI=1S/C58H73N11O7S/c1-35(2)69-47-27-42(26-44(46(47)32-63-69)54(73)61-31-45-36(3)25-37(4)64-55(45)74)41-19-20-49(59-30-41)66-21-23-67(24-22-66)51(72)14-12-10-9-11-13-50(71)65-53(58(6,7)8)57(76)68-33-43(70)28-48(68)56(75)60-29-39-15-17-40(18-16-39)52-38(5)62-34-77-52/h15-20,25-27,30,32,34-35,43,48,53,70H,9-14,21-24,28-29,31,33H2,1-8H3,(H,60,75)(H,61,73)(H,64,74)(H,65,71)/t43-,48+,53-/m1/s1. The molecule has 0 aliphatic carbocycles. The van der Waals surface area contributed by atoms with E-state index in [2.05, 4.69) is 35.9 Å². The molecule has 19 heteroatoms. The second kappa shape index (κ2) is 24.4. The van der Waals surface area contributed by atoms with Gasteiger partial charge in [0.2, 0.25) is 23.6 Å². The van der Waals surface area contributed by atoms with Crippen LogP contribution in [-0.2, 0) is 32.3 Å². The quantitative estimate of drug-likeness (QED) is 0.0512. The molecule has 0 radical (unpaired) electrons. The minimum Gasteiger partial charge on any atom is -0.391 e. The summed E-state index contributed by atoms with van der Waals surface area (Å²) in [6, 6.07) is 15.9. The number of benzene rings is 2. The van der Waals surface area contributed by atoms with E-state index in [4.69, 9.17) is 4.98 Å². The molecule has 6 aromatic rings. The van der Waals surface area contributed by atoms with Gasteiger partial charge in [0.05, 0.1) is 39.5 Å². The zero-order valence-corrected chi connectivity index (χ0v) is 46.4. The number of hydrogen-bond acceptors (Lipinski definition) is 12. The number of pyridine rings is 2. The van der Waals surface area contributed by atoms with Gasteiger partial charge in [-0.05, 0) is 105 Å². The molecule has 18 nitrogen and oxygen atoms in total. The molecular weight excluding hydrogens is 995 g/mol. The van der Waals surface area contributed by atoms with Crippen molar-refractivity contribution < 1.29 is 29.1 Å². The minimum absolute atomic E-state index is 0.00198. The van der Waals surface area contributed by atoms with Crippen LogP contribution in [0.2, 0.25) is 0 Å². The van der Waals surface area contributed by atoms with E-state index in [1.165, 1.54) is 4.90 Å². The highest BCUT2D eigenvalue weighted by Gasteiger charge is 2.44. The maximum absolute atomic E-state index is 14.1. The van der Waals surface area contributed by atoms with Gasteiger partial charge in [0.1, 0.15) is 17.9 Å². The molecule has 0 saturated carbocycles. The average Bonchev–Trinajstić information content (AvgIpc) is 4.20. The van der Waals surface area contributed by atoms with E-state index in [9.17, 15) is 33.9 Å². The van der Waals surface area contributed by atoms with Gasteiger partial charge in [-0.25, -0.2) is 9.97 Å². The first-order valence-electron chi connectivity index (χ1n) is 26.8. The van der Waals surface area contributed by atoms with Crippen LogP contribution < -0.4 is 26.4 Å². The Bertz CT molecular complexity index is 3150. The number of likely N-dealkylation sites (tertiary alicyclic amines) is 1. The summed E-state index contributed by atoms with van der Waals surface area (Å²) in [5.74, 6) is -0.425. The first-order chi connectivity index (χ1) is 36.7. The van der Waals surface area contributed by atoms with Gasteiger partial charge in [0.25, 0.3) is 11.5 Å². The second-order valence-corrected chi connectivity index (χ2v) is 22.8. The summed E-state index contributed by atoms with van der Waals surface area (Å²) < 4.78 is 1.89. The number of carbonyl (C=O) groups is 5. The number of aromatic nitrogens is 5. The molecule has 408 valence electrons. The first-order valence-corrected chi connectivity index (χ1v) is 27.7. The summed E-state index contributed by atoms with van der Waals surface area (Å²) in [6.07, 6.45) is 6.22. The summed E-state index contributed by atoms with van der Waals surface area (Å²) in [4.78, 5) is 99.2. The van der Waals surface area contributed by atoms with Crippen molar-refractivity contribution in [3.05, 3.63) is 116 Å². The van der Waals surface area contributed by atoms with E-state index in [0.717, 1.165) is 68.3 Å². The van der Waals surface area contributed by atoms with Crippen LogP contribution in [0.15, 0.2) is 77.3 Å². The lowest BCUT2D eigenvalue weighted by atomic mass is 9.85. The van der Waals surface area contributed by atoms with Crippen molar-refractivity contribution in [1.29, 1.82) is 0 Å². The Kier molecular flexibility index (Phi) is 17.7. The number of aryl methyl sites for hydroxylation is 3. The maximum atomic E-state index is 14.1. The number of nitrogens with zero attached hydrogens (tertiary/aromatic N) is 7. The van der Waals surface area contributed by atoms with E-state index >= 15 is 0 Å². The molecule has 2 saturated heterocycles. The second-order valence-electron chi connectivity index (χ2n) is 21.9. The third kappa shape index (κ3) is 13.5. The Morgan fingerprint density at radius 2 is 1.55 bits per heavy atom. The van der Waals surface area contributed by atoms with Crippen molar-refractivity contribution in [2.75, 3.05) is 37.6 Å². The van der Waals surface area contributed by atoms with Crippen molar-refractivity contribution in [3.8, 4) is 21.6 Å². The van der Waals surface area contributed by atoms with Crippen molar-refractivity contribution in [3.63, 3.8) is 0 Å². The van der Waals surface area contributed by atoms with Crippen molar-refractivity contribution >= 4 is 57.6 Å². The summed E-state index contributed by atoms with van der Waals surface area (Å²) in [6.45, 7) is 18.1. The Balaban J connectivity index is 0.766. The van der Waals surface area contributed by atoms with E-state index in [-0.39, 0.29) is 67.7 Å². The monoisotopic (exact) mass is 1070 g/mol. The number of amides is 5. The van der Waals surface area contributed by atoms with E-state index in [1.54, 1.807) is 23.7 Å². The number of aromatic amines is 1. The molecule has 5 amide bonds. The minimum atomic E-state index is -0.903. The molecule has 6 heterocycles. The third-order valence-corrected chi connectivity index (χ3v) is 15.6. The first kappa shape index (κ1) is 56.0. The Morgan fingerprint density at radius 1 is 0.831 bits per heavy atom. The molecule has 2 aliphatic rings. The fraction of sp³-hybridized carbons (Fsp3) is 0.466. The van der Waals surface area contributed by atoms with Gasteiger partial charge in [-0.2, -0.15) is 5.10 Å². The van der Waals surface area contributed by atoms with Crippen LogP contribution in [-0.4, -0.2) is 120 Å². The fourth-order valence-electron chi connectivity index (χ4n) is 10.3. The number of thiazole rings is 1. The lowest BCUT2D eigenvalue weighted by Gasteiger charge is -2.35. The molecule has 2 aromatic carbocycles. The predicted octanol–water partition coefficient (Wildman–Crippen LogP) is 7.14. The van der Waals surface area contributed by atoms with Crippen LogP contribution in [0.3, 0.4) is 0 Å². The number of anilines is 1. The highest BCUT2D eigenvalue weighted by molar-refractivity contribution is 7.13. The Labute approximate surface area is 454 Å². The van der Waals surface area contributed by atoms with E-state index < -0.39 is 29.5 Å². The number of nitrogens with one attached hydrogen (secondary N) is 4. The predicted molar refractivity (Wildman–Crippen MR) is 299 cm³/mol. The highest BCUT2D eigenvalue weighted by atomic mass is 32.1. The van der Waals surface area contributed by atoms with Crippen LogP contribution in [0.1, 0.15) is 124 Å². The van der Waals surface area contributed by atoms with Gasteiger partial charge in [-0.3, -0.25) is 33.4 Å². The number of carbonyl (C=O) groups excluding carboxylic acids is 5. The fourth-order valence-corrected chi connectivity index (χ4v) is 11.1. The number of unbranched alkanes of at least 4 members (excludes halogenated alkanes) is 3. The number of rotatable bonds is 19. The van der Waals surface area contributed by atoms with E-state index in [0.29, 0.717) is 62.0 Å². The van der Waals surface area contributed by atoms with Gasteiger partial charge in [-0.15, -0.1) is 11.3 Å². The Hall–Kier alpha value is -7.25. The molecule has 0 unspecified atom stereocenters. The molecule has 8 rings (SSSR count). The molecule has 2 aliphatic heterocycles. The zero-order valence-electron chi connectivity index (χ0n) is 45.6. The van der Waals surface area contributed by atoms with Crippen LogP contribution >= 0.6 is 11.3 Å². The highest BCUT2D eigenvalue weighted by Crippen LogP contribution is 2.32. The SMILES string of the molecule is Cc1cc(C)c(CNC(=O)c2cc(-c3ccc(N4CCN(C(=O)CCCCCCC(=O)N[C@H](C(=O)N5C[C@H](O)C[C@H]5C(=O)NCc5ccc(-c6scnc6C)cc5)C(C)(C)C)CC4)nc3)cc3c2cnn3C(C)C)c(=O)[nH]1. The van der Waals surface area contributed by atoms with Gasteiger partial charge < -0.3 is 40.7 Å². The summed E-state index contributed by atoms with van der Waals surface area (Å²) in [7, 11) is 0.